The van der Waals surface area contributed by atoms with Gasteiger partial charge in [-0.25, -0.2) is 4.39 Å². The molecule has 0 fully saturated rings. The van der Waals surface area contributed by atoms with Gasteiger partial charge in [-0.1, -0.05) is 6.92 Å². The van der Waals surface area contributed by atoms with Crippen LogP contribution in [0.5, 0.6) is 0 Å². The fourth-order valence-corrected chi connectivity index (χ4v) is 2.96. The Balaban J connectivity index is 1.95. The molecule has 1 aliphatic rings. The molecule has 0 saturated heterocycles. The van der Waals surface area contributed by atoms with E-state index in [0.717, 1.165) is 13.0 Å². The van der Waals surface area contributed by atoms with E-state index in [0.29, 0.717) is 24.5 Å². The van der Waals surface area contributed by atoms with Crippen LogP contribution in [-0.4, -0.2) is 36.4 Å². The number of hydrogen-bond acceptors (Lipinski definition) is 3. The van der Waals surface area contributed by atoms with Crippen molar-refractivity contribution in [3.63, 3.8) is 0 Å². The first kappa shape index (κ1) is 16.0. The lowest BCUT2D eigenvalue weighted by Crippen LogP contribution is -2.44. The second-order valence-corrected chi connectivity index (χ2v) is 5.73. The SMILES string of the molecule is CCCN1CCN(C(=O)c2ccc(C(N)=O)[nH]2)c2ccc(F)cc21. The first-order valence-electron chi connectivity index (χ1n) is 7.86. The van der Waals surface area contributed by atoms with Crippen molar-refractivity contribution < 1.29 is 14.0 Å². The lowest BCUT2D eigenvalue weighted by molar-refractivity contribution is 0.0982. The van der Waals surface area contributed by atoms with Crippen molar-refractivity contribution in [2.24, 2.45) is 5.73 Å². The molecule has 7 heteroatoms. The van der Waals surface area contributed by atoms with E-state index in [2.05, 4.69) is 16.8 Å². The number of carbonyl (C=O) groups is 2. The number of hydrogen-bond donors (Lipinski definition) is 2. The Hall–Kier alpha value is -2.83. The summed E-state index contributed by atoms with van der Waals surface area (Å²) in [5.74, 6) is -1.23. The largest absolute Gasteiger partial charge is 0.368 e. The van der Waals surface area contributed by atoms with Crippen LogP contribution in [0.1, 0.15) is 34.3 Å². The van der Waals surface area contributed by atoms with Crippen LogP contribution in [0.2, 0.25) is 0 Å². The van der Waals surface area contributed by atoms with E-state index in [4.69, 9.17) is 5.73 Å². The monoisotopic (exact) mass is 330 g/mol. The molecule has 2 amide bonds. The molecule has 0 radical (unpaired) electrons. The molecule has 24 heavy (non-hydrogen) atoms. The molecule has 0 bridgehead atoms. The number of fused-ring (bicyclic) bond motifs is 1. The number of anilines is 2. The fraction of sp³-hybridized carbons (Fsp3) is 0.294. The molecule has 2 heterocycles. The molecule has 0 spiro atoms. The van der Waals surface area contributed by atoms with Gasteiger partial charge in [0.05, 0.1) is 11.4 Å². The molecule has 1 aromatic heterocycles. The van der Waals surface area contributed by atoms with Crippen LogP contribution in [0.4, 0.5) is 15.8 Å². The molecule has 126 valence electrons. The van der Waals surface area contributed by atoms with Crippen LogP contribution in [0.15, 0.2) is 30.3 Å². The van der Waals surface area contributed by atoms with Crippen LogP contribution in [-0.2, 0) is 0 Å². The van der Waals surface area contributed by atoms with Gasteiger partial charge in [-0.2, -0.15) is 0 Å². The predicted molar refractivity (Wildman–Crippen MR) is 89.9 cm³/mol. The van der Waals surface area contributed by atoms with Crippen molar-refractivity contribution in [2.45, 2.75) is 13.3 Å². The molecule has 1 aromatic carbocycles. The summed E-state index contributed by atoms with van der Waals surface area (Å²) in [4.78, 5) is 30.4. The van der Waals surface area contributed by atoms with Crippen molar-refractivity contribution in [3.8, 4) is 0 Å². The molecule has 3 rings (SSSR count). The summed E-state index contributed by atoms with van der Waals surface area (Å²) in [5, 5.41) is 0. The molecule has 0 aliphatic carbocycles. The molecular formula is C17H19FN4O2. The van der Waals surface area contributed by atoms with Crippen LogP contribution in [0.25, 0.3) is 0 Å². The van der Waals surface area contributed by atoms with Crippen LogP contribution >= 0.6 is 0 Å². The fourth-order valence-electron chi connectivity index (χ4n) is 2.96. The molecule has 2 aromatic rings. The zero-order valence-electron chi connectivity index (χ0n) is 13.4. The summed E-state index contributed by atoms with van der Waals surface area (Å²) in [6, 6.07) is 7.42. The molecular weight excluding hydrogens is 311 g/mol. The van der Waals surface area contributed by atoms with Gasteiger partial charge in [0.15, 0.2) is 0 Å². The molecule has 0 saturated carbocycles. The van der Waals surface area contributed by atoms with Crippen LogP contribution in [0, 0.1) is 5.82 Å². The standard InChI is InChI=1S/C17H19FN4O2/c1-2-7-21-8-9-22(14-6-3-11(18)10-15(14)21)17(24)13-5-4-12(20-13)16(19)23/h3-6,10,20H,2,7-9H2,1H3,(H2,19,23). The number of aromatic nitrogens is 1. The van der Waals surface area contributed by atoms with E-state index in [1.54, 1.807) is 11.0 Å². The minimum atomic E-state index is -0.621. The number of carbonyl (C=O) groups excluding carboxylic acids is 2. The normalized spacial score (nSPS) is 13.8. The number of primary amides is 1. The Morgan fingerprint density at radius 2 is 1.92 bits per heavy atom. The van der Waals surface area contributed by atoms with Gasteiger partial charge in [-0.15, -0.1) is 0 Å². The number of halogens is 1. The van der Waals surface area contributed by atoms with Crippen molar-refractivity contribution in [1.29, 1.82) is 0 Å². The Morgan fingerprint density at radius 1 is 1.17 bits per heavy atom. The van der Waals surface area contributed by atoms with Crippen molar-refractivity contribution >= 4 is 23.2 Å². The van der Waals surface area contributed by atoms with Gasteiger partial charge >= 0.3 is 0 Å². The maximum atomic E-state index is 13.7. The van der Waals surface area contributed by atoms with E-state index in [9.17, 15) is 14.0 Å². The first-order valence-corrected chi connectivity index (χ1v) is 7.86. The average Bonchev–Trinajstić information content (AvgIpc) is 3.05. The number of amides is 2. The van der Waals surface area contributed by atoms with Gasteiger partial charge in [0.1, 0.15) is 17.2 Å². The summed E-state index contributed by atoms with van der Waals surface area (Å²) in [6.07, 6.45) is 0.933. The first-order chi connectivity index (χ1) is 11.5. The third-order valence-corrected chi connectivity index (χ3v) is 4.08. The second-order valence-electron chi connectivity index (χ2n) is 5.73. The quantitative estimate of drug-likeness (QED) is 0.901. The third-order valence-electron chi connectivity index (χ3n) is 4.08. The highest BCUT2D eigenvalue weighted by molar-refractivity contribution is 6.08. The van der Waals surface area contributed by atoms with E-state index >= 15 is 0 Å². The molecule has 3 N–H and O–H groups in total. The summed E-state index contributed by atoms with van der Waals surface area (Å²) < 4.78 is 13.7. The van der Waals surface area contributed by atoms with Crippen molar-refractivity contribution in [2.75, 3.05) is 29.4 Å². The van der Waals surface area contributed by atoms with E-state index in [1.165, 1.54) is 24.3 Å². The number of nitrogens with one attached hydrogen (secondary N) is 1. The topological polar surface area (TPSA) is 82.4 Å². The lowest BCUT2D eigenvalue weighted by Gasteiger charge is -2.37. The maximum Gasteiger partial charge on any atom is 0.274 e. The molecule has 0 atom stereocenters. The number of nitrogens with zero attached hydrogens (tertiary/aromatic N) is 2. The summed E-state index contributed by atoms with van der Waals surface area (Å²) >= 11 is 0. The van der Waals surface area contributed by atoms with Gasteiger partial charge in [0.25, 0.3) is 11.8 Å². The summed E-state index contributed by atoms with van der Waals surface area (Å²) in [7, 11) is 0. The molecule has 1 aliphatic heterocycles. The minimum Gasteiger partial charge on any atom is -0.368 e. The highest BCUT2D eigenvalue weighted by Gasteiger charge is 2.28. The predicted octanol–water partition coefficient (Wildman–Crippen LogP) is 2.13. The number of benzene rings is 1. The number of aromatic amines is 1. The van der Waals surface area contributed by atoms with Gasteiger partial charge in [0.2, 0.25) is 0 Å². The maximum absolute atomic E-state index is 13.7. The second kappa shape index (κ2) is 6.35. The zero-order valence-corrected chi connectivity index (χ0v) is 13.4. The van der Waals surface area contributed by atoms with E-state index in [-0.39, 0.29) is 23.1 Å². The average molecular weight is 330 g/mol. The lowest BCUT2D eigenvalue weighted by atomic mass is 10.1. The Bertz CT molecular complexity index is 787. The summed E-state index contributed by atoms with van der Waals surface area (Å²) in [6.45, 7) is 3.97. The number of rotatable bonds is 4. The van der Waals surface area contributed by atoms with E-state index < -0.39 is 5.91 Å². The summed E-state index contributed by atoms with van der Waals surface area (Å²) in [5.41, 5.74) is 7.04. The Labute approximate surface area is 139 Å². The third kappa shape index (κ3) is 2.84. The van der Waals surface area contributed by atoms with Gasteiger partial charge in [-0.3, -0.25) is 9.59 Å². The van der Waals surface area contributed by atoms with E-state index in [1.807, 2.05) is 0 Å². The number of H-pyrrole nitrogens is 1. The Kier molecular flexibility index (Phi) is 4.24. The Morgan fingerprint density at radius 3 is 2.58 bits per heavy atom. The van der Waals surface area contributed by atoms with Crippen molar-refractivity contribution in [3.05, 3.63) is 47.5 Å². The van der Waals surface area contributed by atoms with Gasteiger partial charge < -0.3 is 20.5 Å². The van der Waals surface area contributed by atoms with Crippen LogP contribution in [0.3, 0.4) is 0 Å². The number of nitrogens with two attached hydrogens (primary N) is 1. The van der Waals surface area contributed by atoms with Gasteiger partial charge in [0, 0.05) is 19.6 Å². The zero-order chi connectivity index (χ0) is 17.3. The smallest absolute Gasteiger partial charge is 0.274 e. The molecule has 6 nitrogen and oxygen atoms in total. The highest BCUT2D eigenvalue weighted by Crippen LogP contribution is 2.34. The van der Waals surface area contributed by atoms with Crippen molar-refractivity contribution in [1.82, 2.24) is 4.98 Å². The van der Waals surface area contributed by atoms with Gasteiger partial charge in [-0.05, 0) is 36.8 Å². The molecule has 0 unspecified atom stereocenters. The highest BCUT2D eigenvalue weighted by atomic mass is 19.1. The van der Waals surface area contributed by atoms with Crippen LogP contribution < -0.4 is 15.5 Å². The minimum absolute atomic E-state index is 0.183.